The second-order valence-corrected chi connectivity index (χ2v) is 9.25. The molecular weight excluding hydrogens is 404 g/mol. The van der Waals surface area contributed by atoms with E-state index in [9.17, 15) is 13.2 Å². The molecule has 2 aromatic carbocycles. The van der Waals surface area contributed by atoms with Gasteiger partial charge in [-0.25, -0.2) is 8.42 Å². The quantitative estimate of drug-likeness (QED) is 0.649. The number of ether oxygens (including phenoxy) is 2. The topological polar surface area (TPSA) is 84.9 Å². The number of nitrogens with zero attached hydrogens (tertiary/aromatic N) is 1. The third-order valence-electron chi connectivity index (χ3n) is 4.85. The smallest absolute Gasteiger partial charge is 0.263 e. The zero-order chi connectivity index (χ0) is 21.7. The van der Waals surface area contributed by atoms with Gasteiger partial charge in [0.15, 0.2) is 6.10 Å². The molecule has 0 saturated heterocycles. The third kappa shape index (κ3) is 5.44. The number of benzene rings is 2. The van der Waals surface area contributed by atoms with E-state index in [1.165, 1.54) is 4.31 Å². The van der Waals surface area contributed by atoms with Crippen LogP contribution in [0, 0.1) is 6.92 Å². The van der Waals surface area contributed by atoms with Crippen LogP contribution < -0.4 is 19.1 Å². The highest BCUT2D eigenvalue weighted by atomic mass is 32.2. The van der Waals surface area contributed by atoms with E-state index in [1.807, 2.05) is 44.2 Å². The highest BCUT2D eigenvalue weighted by molar-refractivity contribution is 7.92. The van der Waals surface area contributed by atoms with Gasteiger partial charge in [0.25, 0.3) is 5.91 Å². The van der Waals surface area contributed by atoms with Crippen molar-refractivity contribution in [3.05, 3.63) is 53.6 Å². The standard InChI is InChI=1S/C22H28N2O5S/c1-4-28-18-10-8-17(9-11-18)6-5-13-23-22(25)21-15-24(30(3,26)27)19-14-16(2)7-12-20(19)29-21/h7-12,14,21H,4-6,13,15H2,1-3H3,(H,23,25)/t21-/m1/s1. The van der Waals surface area contributed by atoms with Crippen molar-refractivity contribution < 1.29 is 22.7 Å². The number of hydrogen-bond donors (Lipinski definition) is 1. The van der Waals surface area contributed by atoms with E-state index in [0.717, 1.165) is 36.0 Å². The molecule has 0 saturated carbocycles. The number of amides is 1. The zero-order valence-corrected chi connectivity index (χ0v) is 18.4. The Morgan fingerprint density at radius 2 is 1.97 bits per heavy atom. The minimum absolute atomic E-state index is 0.0417. The number of anilines is 1. The predicted molar refractivity (Wildman–Crippen MR) is 117 cm³/mol. The number of carbonyl (C=O) groups excluding carboxylic acids is 1. The number of hydrogen-bond acceptors (Lipinski definition) is 5. The maximum Gasteiger partial charge on any atom is 0.263 e. The van der Waals surface area contributed by atoms with E-state index in [0.29, 0.717) is 24.6 Å². The van der Waals surface area contributed by atoms with Crippen molar-refractivity contribution in [3.63, 3.8) is 0 Å². The molecule has 0 aromatic heterocycles. The molecule has 8 heteroatoms. The van der Waals surface area contributed by atoms with Crippen molar-refractivity contribution >= 4 is 21.6 Å². The minimum Gasteiger partial charge on any atom is -0.494 e. The molecule has 0 bridgehead atoms. The maximum absolute atomic E-state index is 12.6. The van der Waals surface area contributed by atoms with Crippen LogP contribution in [-0.4, -0.2) is 46.4 Å². The van der Waals surface area contributed by atoms with E-state index in [-0.39, 0.29) is 12.5 Å². The Kier molecular flexibility index (Phi) is 6.87. The number of sulfonamides is 1. The van der Waals surface area contributed by atoms with Gasteiger partial charge >= 0.3 is 0 Å². The van der Waals surface area contributed by atoms with Crippen molar-refractivity contribution in [2.75, 3.05) is 30.3 Å². The summed E-state index contributed by atoms with van der Waals surface area (Å²) < 4.78 is 36.9. The molecule has 0 spiro atoms. The summed E-state index contributed by atoms with van der Waals surface area (Å²) in [7, 11) is -3.53. The first kappa shape index (κ1) is 22.0. The number of nitrogens with one attached hydrogen (secondary N) is 1. The molecular formula is C22H28N2O5S. The van der Waals surface area contributed by atoms with E-state index < -0.39 is 16.1 Å². The first-order valence-electron chi connectivity index (χ1n) is 10.0. The van der Waals surface area contributed by atoms with Gasteiger partial charge in [0.2, 0.25) is 10.0 Å². The van der Waals surface area contributed by atoms with Crippen molar-refractivity contribution in [2.24, 2.45) is 0 Å². The van der Waals surface area contributed by atoms with Gasteiger partial charge in [0, 0.05) is 6.54 Å². The molecule has 30 heavy (non-hydrogen) atoms. The molecule has 1 atom stereocenters. The van der Waals surface area contributed by atoms with Crippen LogP contribution in [0.15, 0.2) is 42.5 Å². The fourth-order valence-corrected chi connectivity index (χ4v) is 4.26. The lowest BCUT2D eigenvalue weighted by atomic mass is 10.1. The van der Waals surface area contributed by atoms with Gasteiger partial charge in [-0.15, -0.1) is 0 Å². The van der Waals surface area contributed by atoms with Gasteiger partial charge in [-0.1, -0.05) is 18.2 Å². The summed E-state index contributed by atoms with van der Waals surface area (Å²) in [4.78, 5) is 12.6. The maximum atomic E-state index is 12.6. The zero-order valence-electron chi connectivity index (χ0n) is 17.6. The fraction of sp³-hybridized carbons (Fsp3) is 0.409. The fourth-order valence-electron chi connectivity index (χ4n) is 3.35. The van der Waals surface area contributed by atoms with Crippen LogP contribution in [0.2, 0.25) is 0 Å². The van der Waals surface area contributed by atoms with Crippen LogP contribution >= 0.6 is 0 Å². The Morgan fingerprint density at radius 1 is 1.23 bits per heavy atom. The average Bonchev–Trinajstić information content (AvgIpc) is 2.71. The molecule has 1 N–H and O–H groups in total. The highest BCUT2D eigenvalue weighted by Crippen LogP contribution is 2.35. The summed E-state index contributed by atoms with van der Waals surface area (Å²) in [5.41, 5.74) is 2.55. The number of fused-ring (bicyclic) bond motifs is 1. The largest absolute Gasteiger partial charge is 0.494 e. The van der Waals surface area contributed by atoms with Crippen molar-refractivity contribution in [1.29, 1.82) is 0 Å². The molecule has 1 aliphatic rings. The Morgan fingerprint density at radius 3 is 2.63 bits per heavy atom. The molecule has 1 aliphatic heterocycles. The molecule has 162 valence electrons. The van der Waals surface area contributed by atoms with E-state index in [1.54, 1.807) is 12.1 Å². The van der Waals surface area contributed by atoms with E-state index >= 15 is 0 Å². The lowest BCUT2D eigenvalue weighted by molar-refractivity contribution is -0.127. The number of carbonyl (C=O) groups is 1. The van der Waals surface area contributed by atoms with Gasteiger partial charge in [0.05, 0.1) is 25.1 Å². The minimum atomic E-state index is -3.53. The first-order chi connectivity index (χ1) is 14.3. The van der Waals surface area contributed by atoms with E-state index in [2.05, 4.69) is 5.32 Å². The predicted octanol–water partition coefficient (Wildman–Crippen LogP) is 2.67. The molecule has 1 heterocycles. The number of aryl methyl sites for hydroxylation is 2. The Bertz CT molecular complexity index is 989. The summed E-state index contributed by atoms with van der Waals surface area (Å²) in [6, 6.07) is 13.2. The van der Waals surface area contributed by atoms with Crippen LogP contribution in [0.25, 0.3) is 0 Å². The van der Waals surface area contributed by atoms with Crippen molar-refractivity contribution in [1.82, 2.24) is 5.32 Å². The Hall–Kier alpha value is -2.74. The molecule has 1 amide bonds. The molecule has 7 nitrogen and oxygen atoms in total. The van der Waals surface area contributed by atoms with E-state index in [4.69, 9.17) is 9.47 Å². The van der Waals surface area contributed by atoms with Gasteiger partial charge in [-0.05, 0) is 62.1 Å². The first-order valence-corrected chi connectivity index (χ1v) is 11.9. The Labute approximate surface area is 178 Å². The molecule has 0 aliphatic carbocycles. The van der Waals surface area contributed by atoms with Crippen molar-refractivity contribution in [2.45, 2.75) is 32.8 Å². The van der Waals surface area contributed by atoms with Gasteiger partial charge in [-0.3, -0.25) is 9.10 Å². The monoisotopic (exact) mass is 432 g/mol. The van der Waals surface area contributed by atoms with Crippen LogP contribution in [0.4, 0.5) is 5.69 Å². The summed E-state index contributed by atoms with van der Waals surface area (Å²) >= 11 is 0. The van der Waals surface area contributed by atoms with Crippen LogP contribution in [0.5, 0.6) is 11.5 Å². The van der Waals surface area contributed by atoms with Gasteiger partial charge in [-0.2, -0.15) is 0 Å². The second-order valence-electron chi connectivity index (χ2n) is 7.34. The Balaban J connectivity index is 1.56. The lowest BCUT2D eigenvalue weighted by Crippen LogP contribution is -2.50. The molecule has 0 radical (unpaired) electrons. The normalized spacial score (nSPS) is 15.8. The lowest BCUT2D eigenvalue weighted by Gasteiger charge is -2.34. The molecule has 3 rings (SSSR count). The van der Waals surface area contributed by atoms with Crippen molar-refractivity contribution in [3.8, 4) is 11.5 Å². The summed E-state index contributed by atoms with van der Waals surface area (Å²) in [5, 5.41) is 2.86. The second kappa shape index (κ2) is 9.38. The van der Waals surface area contributed by atoms with Gasteiger partial charge in [0.1, 0.15) is 11.5 Å². The summed E-state index contributed by atoms with van der Waals surface area (Å²) in [6.45, 7) is 4.90. The van der Waals surface area contributed by atoms with Crippen LogP contribution in [-0.2, 0) is 21.2 Å². The summed E-state index contributed by atoms with van der Waals surface area (Å²) in [5.74, 6) is 0.920. The van der Waals surface area contributed by atoms with Crippen LogP contribution in [0.1, 0.15) is 24.5 Å². The van der Waals surface area contributed by atoms with Gasteiger partial charge < -0.3 is 14.8 Å². The molecule has 0 fully saturated rings. The third-order valence-corrected chi connectivity index (χ3v) is 6.00. The number of rotatable bonds is 8. The molecule has 0 unspecified atom stereocenters. The molecule has 2 aromatic rings. The average molecular weight is 433 g/mol. The van der Waals surface area contributed by atoms with Crippen LogP contribution in [0.3, 0.4) is 0 Å². The SMILES string of the molecule is CCOc1ccc(CCCNC(=O)[C@H]2CN(S(C)(=O)=O)c3cc(C)ccc3O2)cc1. The summed E-state index contributed by atoms with van der Waals surface area (Å²) in [6.07, 6.45) is 1.82. The highest BCUT2D eigenvalue weighted by Gasteiger charge is 2.34.